The highest BCUT2D eigenvalue weighted by Gasteiger charge is 2.05. The fourth-order valence-electron chi connectivity index (χ4n) is 1.21. The molecular weight excluding hydrogens is 190 g/mol. The molecule has 82 valence electrons. The van der Waals surface area contributed by atoms with Crippen LogP contribution < -0.4 is 11.1 Å². The lowest BCUT2D eigenvalue weighted by atomic mass is 10.1. The van der Waals surface area contributed by atoms with E-state index in [2.05, 4.69) is 10.3 Å². The number of hydrogen-bond donors (Lipinski definition) is 2. The van der Waals surface area contributed by atoms with Crippen LogP contribution in [0, 0.1) is 0 Å². The number of amides is 1. The number of rotatable bonds is 5. The van der Waals surface area contributed by atoms with Gasteiger partial charge in [-0.15, -0.1) is 0 Å². The second-order valence-electron chi connectivity index (χ2n) is 3.56. The molecule has 0 aliphatic carbocycles. The fraction of sp³-hybridized carbons (Fsp3) is 0.455. The zero-order valence-electron chi connectivity index (χ0n) is 8.94. The summed E-state index contributed by atoms with van der Waals surface area (Å²) in [5, 5.41) is 2.82. The Morgan fingerprint density at radius 3 is 2.80 bits per heavy atom. The molecule has 3 N–H and O–H groups in total. The van der Waals surface area contributed by atoms with Gasteiger partial charge in [0, 0.05) is 31.4 Å². The van der Waals surface area contributed by atoms with Gasteiger partial charge in [0.1, 0.15) is 0 Å². The monoisotopic (exact) mass is 207 g/mol. The first-order chi connectivity index (χ1) is 7.22. The molecule has 0 saturated carbocycles. The highest BCUT2D eigenvalue weighted by Crippen LogP contribution is 2.00. The molecule has 1 rings (SSSR count). The molecule has 1 amide bonds. The molecule has 1 atom stereocenters. The molecule has 1 aromatic rings. The number of nitrogens with two attached hydrogens (primary N) is 1. The van der Waals surface area contributed by atoms with Gasteiger partial charge in [-0.25, -0.2) is 0 Å². The third-order valence-corrected chi connectivity index (χ3v) is 2.15. The lowest BCUT2D eigenvalue weighted by Gasteiger charge is -2.10. The normalized spacial score (nSPS) is 12.1. The second-order valence-corrected chi connectivity index (χ2v) is 3.56. The minimum absolute atomic E-state index is 0.0461. The van der Waals surface area contributed by atoms with Crippen molar-refractivity contribution in [3.05, 3.63) is 30.1 Å². The van der Waals surface area contributed by atoms with Crippen LogP contribution >= 0.6 is 0 Å². The number of aryl methyl sites for hydroxylation is 1. The summed E-state index contributed by atoms with van der Waals surface area (Å²) in [5.74, 6) is 0.0461. The van der Waals surface area contributed by atoms with Crippen molar-refractivity contribution in [2.45, 2.75) is 25.8 Å². The molecule has 0 radical (unpaired) electrons. The third kappa shape index (κ3) is 4.56. The molecule has 0 unspecified atom stereocenters. The Labute approximate surface area is 89.9 Å². The van der Waals surface area contributed by atoms with Crippen molar-refractivity contribution in [3.8, 4) is 0 Å². The molecule has 1 heterocycles. The number of carbonyl (C=O) groups is 1. The maximum Gasteiger partial charge on any atom is 0.220 e. The van der Waals surface area contributed by atoms with Gasteiger partial charge in [-0.2, -0.15) is 0 Å². The standard InChI is InChI=1S/C11H17N3O/c1-9(8-12)14-11(15)3-2-10-4-6-13-7-5-10/h4-7,9H,2-3,8,12H2,1H3,(H,14,15)/t9-/m0/s1. The maximum atomic E-state index is 11.4. The molecule has 0 aliphatic rings. The van der Waals surface area contributed by atoms with E-state index in [-0.39, 0.29) is 11.9 Å². The van der Waals surface area contributed by atoms with Crippen molar-refractivity contribution in [3.63, 3.8) is 0 Å². The van der Waals surface area contributed by atoms with Crippen LogP contribution in [0.4, 0.5) is 0 Å². The van der Waals surface area contributed by atoms with Crippen molar-refractivity contribution in [1.29, 1.82) is 0 Å². The highest BCUT2D eigenvalue weighted by molar-refractivity contribution is 5.76. The smallest absolute Gasteiger partial charge is 0.220 e. The predicted octanol–water partition coefficient (Wildman–Crippen LogP) is 0.478. The van der Waals surface area contributed by atoms with Crippen molar-refractivity contribution < 1.29 is 4.79 Å². The lowest BCUT2D eigenvalue weighted by Crippen LogP contribution is -2.37. The van der Waals surface area contributed by atoms with Gasteiger partial charge in [0.2, 0.25) is 5.91 Å². The van der Waals surface area contributed by atoms with E-state index in [0.29, 0.717) is 13.0 Å². The lowest BCUT2D eigenvalue weighted by molar-refractivity contribution is -0.121. The number of pyridine rings is 1. The molecule has 0 spiro atoms. The summed E-state index contributed by atoms with van der Waals surface area (Å²) in [6.07, 6.45) is 4.70. The van der Waals surface area contributed by atoms with E-state index >= 15 is 0 Å². The van der Waals surface area contributed by atoms with Gasteiger partial charge < -0.3 is 11.1 Å². The van der Waals surface area contributed by atoms with Crippen LogP contribution in [-0.2, 0) is 11.2 Å². The third-order valence-electron chi connectivity index (χ3n) is 2.15. The van der Waals surface area contributed by atoms with Crippen LogP contribution in [0.25, 0.3) is 0 Å². The Morgan fingerprint density at radius 1 is 1.53 bits per heavy atom. The zero-order valence-corrected chi connectivity index (χ0v) is 8.94. The fourth-order valence-corrected chi connectivity index (χ4v) is 1.21. The minimum Gasteiger partial charge on any atom is -0.352 e. The Balaban J connectivity index is 2.29. The summed E-state index contributed by atoms with van der Waals surface area (Å²) >= 11 is 0. The molecule has 4 nitrogen and oxygen atoms in total. The van der Waals surface area contributed by atoms with Gasteiger partial charge in [-0.1, -0.05) is 0 Å². The molecule has 1 aromatic heterocycles. The summed E-state index contributed by atoms with van der Waals surface area (Å²) in [5.41, 5.74) is 6.53. The van der Waals surface area contributed by atoms with Crippen LogP contribution in [0.5, 0.6) is 0 Å². The van der Waals surface area contributed by atoms with Crippen LogP contribution in [-0.4, -0.2) is 23.5 Å². The number of hydrogen-bond acceptors (Lipinski definition) is 3. The number of nitrogens with zero attached hydrogens (tertiary/aromatic N) is 1. The molecule has 0 aliphatic heterocycles. The van der Waals surface area contributed by atoms with Crippen LogP contribution in [0.15, 0.2) is 24.5 Å². The molecule has 0 saturated heterocycles. The van der Waals surface area contributed by atoms with Crippen molar-refractivity contribution in [2.24, 2.45) is 5.73 Å². The molecule has 0 aromatic carbocycles. The Bertz CT molecular complexity index is 300. The van der Waals surface area contributed by atoms with Crippen LogP contribution in [0.3, 0.4) is 0 Å². The molecule has 0 fully saturated rings. The zero-order chi connectivity index (χ0) is 11.1. The van der Waals surface area contributed by atoms with Gasteiger partial charge >= 0.3 is 0 Å². The summed E-state index contributed by atoms with van der Waals surface area (Å²) < 4.78 is 0. The molecule has 0 bridgehead atoms. The highest BCUT2D eigenvalue weighted by atomic mass is 16.1. The molecule has 4 heteroatoms. The first-order valence-electron chi connectivity index (χ1n) is 5.10. The Morgan fingerprint density at radius 2 is 2.20 bits per heavy atom. The average molecular weight is 207 g/mol. The van der Waals surface area contributed by atoms with E-state index in [4.69, 9.17) is 5.73 Å². The summed E-state index contributed by atoms with van der Waals surface area (Å²) in [6.45, 7) is 2.37. The van der Waals surface area contributed by atoms with E-state index < -0.39 is 0 Å². The van der Waals surface area contributed by atoms with E-state index in [1.54, 1.807) is 12.4 Å². The van der Waals surface area contributed by atoms with Gasteiger partial charge in [0.05, 0.1) is 0 Å². The van der Waals surface area contributed by atoms with Crippen molar-refractivity contribution >= 4 is 5.91 Å². The van der Waals surface area contributed by atoms with E-state index in [9.17, 15) is 4.79 Å². The summed E-state index contributed by atoms with van der Waals surface area (Å²) in [7, 11) is 0. The predicted molar refractivity (Wildman–Crippen MR) is 59.2 cm³/mol. The summed E-state index contributed by atoms with van der Waals surface area (Å²) in [4.78, 5) is 15.3. The number of nitrogens with one attached hydrogen (secondary N) is 1. The first kappa shape index (κ1) is 11.7. The average Bonchev–Trinajstić information content (AvgIpc) is 2.27. The topological polar surface area (TPSA) is 68.0 Å². The first-order valence-corrected chi connectivity index (χ1v) is 5.10. The summed E-state index contributed by atoms with van der Waals surface area (Å²) in [6, 6.07) is 3.88. The van der Waals surface area contributed by atoms with Gasteiger partial charge in [-0.3, -0.25) is 9.78 Å². The maximum absolute atomic E-state index is 11.4. The molecule has 15 heavy (non-hydrogen) atoms. The van der Waals surface area contributed by atoms with Gasteiger partial charge in [0.25, 0.3) is 0 Å². The minimum atomic E-state index is 0.0461. The van der Waals surface area contributed by atoms with Crippen molar-refractivity contribution in [1.82, 2.24) is 10.3 Å². The van der Waals surface area contributed by atoms with Gasteiger partial charge in [-0.05, 0) is 31.0 Å². The number of carbonyl (C=O) groups excluding carboxylic acids is 1. The quantitative estimate of drug-likeness (QED) is 0.737. The van der Waals surface area contributed by atoms with E-state index in [0.717, 1.165) is 12.0 Å². The number of aromatic nitrogens is 1. The van der Waals surface area contributed by atoms with Crippen LogP contribution in [0.2, 0.25) is 0 Å². The second kappa shape index (κ2) is 6.14. The van der Waals surface area contributed by atoms with E-state index in [1.807, 2.05) is 19.1 Å². The van der Waals surface area contributed by atoms with Crippen LogP contribution in [0.1, 0.15) is 18.9 Å². The SMILES string of the molecule is C[C@@H](CN)NC(=O)CCc1ccncc1. The van der Waals surface area contributed by atoms with Gasteiger partial charge in [0.15, 0.2) is 0 Å². The Kier molecular flexibility index (Phi) is 4.77. The van der Waals surface area contributed by atoms with E-state index in [1.165, 1.54) is 0 Å². The van der Waals surface area contributed by atoms with Crippen molar-refractivity contribution in [2.75, 3.05) is 6.54 Å². The molecular formula is C11H17N3O. The largest absolute Gasteiger partial charge is 0.352 e. The Hall–Kier alpha value is -1.42.